The van der Waals surface area contributed by atoms with Crippen molar-refractivity contribution >= 4 is 10.0 Å². The minimum Gasteiger partial charge on any atom is -0.377 e. The molecule has 1 fully saturated rings. The summed E-state index contributed by atoms with van der Waals surface area (Å²) in [5.74, 6) is -0.789. The summed E-state index contributed by atoms with van der Waals surface area (Å²) in [6.07, 6.45) is 1.62. The maximum Gasteiger partial charge on any atom is 0.243 e. The SMILES string of the molecule is NCc1ccc(S(=O)(=O)NCC2CCCO2)c(F)c1. The van der Waals surface area contributed by atoms with E-state index in [1.165, 1.54) is 12.1 Å². The van der Waals surface area contributed by atoms with Crippen LogP contribution in [0.5, 0.6) is 0 Å². The first-order valence-electron chi connectivity index (χ1n) is 6.12. The molecule has 0 spiro atoms. The van der Waals surface area contributed by atoms with E-state index in [2.05, 4.69) is 4.72 Å². The van der Waals surface area contributed by atoms with Crippen LogP contribution in [0, 0.1) is 5.82 Å². The molecule has 7 heteroatoms. The summed E-state index contributed by atoms with van der Waals surface area (Å²) in [6, 6.07) is 3.87. The molecule has 1 aliphatic heterocycles. The quantitative estimate of drug-likeness (QED) is 0.837. The molecule has 2 rings (SSSR count). The average molecular weight is 288 g/mol. The average Bonchev–Trinajstić information content (AvgIpc) is 2.89. The molecule has 1 saturated heterocycles. The third kappa shape index (κ3) is 3.50. The Balaban J connectivity index is 2.10. The topological polar surface area (TPSA) is 81.4 Å². The fourth-order valence-corrected chi connectivity index (χ4v) is 3.10. The summed E-state index contributed by atoms with van der Waals surface area (Å²) in [5, 5.41) is 0. The number of ether oxygens (including phenoxy) is 1. The zero-order valence-electron chi connectivity index (χ0n) is 10.4. The van der Waals surface area contributed by atoms with E-state index < -0.39 is 15.8 Å². The number of hydrogen-bond acceptors (Lipinski definition) is 4. The highest BCUT2D eigenvalue weighted by Crippen LogP contribution is 2.17. The molecular formula is C12H17FN2O3S. The number of sulfonamides is 1. The number of benzene rings is 1. The lowest BCUT2D eigenvalue weighted by atomic mass is 10.2. The first-order chi connectivity index (χ1) is 9.03. The van der Waals surface area contributed by atoms with E-state index in [4.69, 9.17) is 10.5 Å². The molecule has 0 bridgehead atoms. The second kappa shape index (κ2) is 5.96. The van der Waals surface area contributed by atoms with Crippen molar-refractivity contribution in [1.82, 2.24) is 4.72 Å². The summed E-state index contributed by atoms with van der Waals surface area (Å²) < 4.78 is 45.4. The van der Waals surface area contributed by atoms with Crippen molar-refractivity contribution in [3.05, 3.63) is 29.6 Å². The van der Waals surface area contributed by atoms with E-state index >= 15 is 0 Å². The number of rotatable bonds is 5. The van der Waals surface area contributed by atoms with Crippen LogP contribution in [0.1, 0.15) is 18.4 Å². The van der Waals surface area contributed by atoms with Crippen LogP contribution in [0.25, 0.3) is 0 Å². The molecule has 106 valence electrons. The highest BCUT2D eigenvalue weighted by atomic mass is 32.2. The van der Waals surface area contributed by atoms with Gasteiger partial charge in [0.1, 0.15) is 10.7 Å². The van der Waals surface area contributed by atoms with Gasteiger partial charge >= 0.3 is 0 Å². The Labute approximate surface area is 112 Å². The minimum atomic E-state index is -3.85. The predicted octanol–water partition coefficient (Wildman–Crippen LogP) is 0.742. The van der Waals surface area contributed by atoms with E-state index in [9.17, 15) is 12.8 Å². The summed E-state index contributed by atoms with van der Waals surface area (Å²) >= 11 is 0. The summed E-state index contributed by atoms with van der Waals surface area (Å²) in [4.78, 5) is -0.359. The largest absolute Gasteiger partial charge is 0.377 e. The van der Waals surface area contributed by atoms with Gasteiger partial charge in [0.05, 0.1) is 6.10 Å². The zero-order chi connectivity index (χ0) is 13.9. The van der Waals surface area contributed by atoms with Crippen molar-refractivity contribution in [3.8, 4) is 0 Å². The highest BCUT2D eigenvalue weighted by molar-refractivity contribution is 7.89. The van der Waals surface area contributed by atoms with Crippen LogP contribution in [0.15, 0.2) is 23.1 Å². The molecule has 1 atom stereocenters. The number of halogens is 1. The fraction of sp³-hybridized carbons (Fsp3) is 0.500. The van der Waals surface area contributed by atoms with E-state index in [0.717, 1.165) is 18.9 Å². The van der Waals surface area contributed by atoms with Gasteiger partial charge < -0.3 is 10.5 Å². The second-order valence-corrected chi connectivity index (χ2v) is 6.19. The van der Waals surface area contributed by atoms with Crippen LogP contribution in [0.3, 0.4) is 0 Å². The van der Waals surface area contributed by atoms with Crippen molar-refractivity contribution in [2.75, 3.05) is 13.2 Å². The lowest BCUT2D eigenvalue weighted by Crippen LogP contribution is -2.32. The number of hydrogen-bond donors (Lipinski definition) is 2. The predicted molar refractivity (Wildman–Crippen MR) is 68.5 cm³/mol. The van der Waals surface area contributed by atoms with Gasteiger partial charge in [-0.25, -0.2) is 17.5 Å². The van der Waals surface area contributed by atoms with Crippen molar-refractivity contribution in [2.45, 2.75) is 30.4 Å². The van der Waals surface area contributed by atoms with Crippen LogP contribution < -0.4 is 10.5 Å². The standard InChI is InChI=1S/C12H17FN2O3S/c13-11-6-9(7-14)3-4-12(11)19(16,17)15-8-10-2-1-5-18-10/h3-4,6,10,15H,1-2,5,7-8,14H2. The summed E-state index contributed by atoms with van der Waals surface area (Å²) in [7, 11) is -3.85. The molecule has 3 N–H and O–H groups in total. The van der Waals surface area contributed by atoms with Gasteiger partial charge in [0.2, 0.25) is 10.0 Å². The maximum atomic E-state index is 13.7. The molecule has 0 amide bonds. The molecule has 0 radical (unpaired) electrons. The smallest absolute Gasteiger partial charge is 0.243 e. The molecule has 5 nitrogen and oxygen atoms in total. The Hall–Kier alpha value is -1.02. The van der Waals surface area contributed by atoms with Crippen LogP contribution in [-0.4, -0.2) is 27.7 Å². The van der Waals surface area contributed by atoms with Crippen molar-refractivity contribution in [2.24, 2.45) is 5.73 Å². The van der Waals surface area contributed by atoms with Gasteiger partial charge in [-0.15, -0.1) is 0 Å². The molecular weight excluding hydrogens is 271 g/mol. The summed E-state index contributed by atoms with van der Waals surface area (Å²) in [5.41, 5.74) is 5.92. The molecule has 0 aromatic heterocycles. The van der Waals surface area contributed by atoms with Crippen molar-refractivity contribution < 1.29 is 17.5 Å². The monoisotopic (exact) mass is 288 g/mol. The molecule has 1 aromatic rings. The molecule has 1 heterocycles. The lowest BCUT2D eigenvalue weighted by molar-refractivity contribution is 0.114. The van der Waals surface area contributed by atoms with Crippen LogP contribution in [0.2, 0.25) is 0 Å². The molecule has 1 aromatic carbocycles. The molecule has 1 aliphatic rings. The first-order valence-corrected chi connectivity index (χ1v) is 7.61. The Bertz CT molecular complexity index is 542. The van der Waals surface area contributed by atoms with E-state index in [-0.39, 0.29) is 24.1 Å². The minimum absolute atomic E-state index is 0.124. The molecule has 0 aliphatic carbocycles. The van der Waals surface area contributed by atoms with Gasteiger partial charge in [0.15, 0.2) is 0 Å². The van der Waals surface area contributed by atoms with Crippen LogP contribution in [0.4, 0.5) is 4.39 Å². The third-order valence-corrected chi connectivity index (χ3v) is 4.50. The van der Waals surface area contributed by atoms with Crippen molar-refractivity contribution in [3.63, 3.8) is 0 Å². The maximum absolute atomic E-state index is 13.7. The van der Waals surface area contributed by atoms with E-state index in [0.29, 0.717) is 12.2 Å². The molecule has 0 saturated carbocycles. The van der Waals surface area contributed by atoms with Gasteiger partial charge in [-0.3, -0.25) is 0 Å². The summed E-state index contributed by atoms with van der Waals surface area (Å²) in [6.45, 7) is 0.979. The second-order valence-electron chi connectivity index (χ2n) is 4.46. The highest BCUT2D eigenvalue weighted by Gasteiger charge is 2.22. The normalized spacial score (nSPS) is 19.8. The number of nitrogens with two attached hydrogens (primary N) is 1. The van der Waals surface area contributed by atoms with Gasteiger partial charge in [-0.1, -0.05) is 6.07 Å². The van der Waals surface area contributed by atoms with Crippen LogP contribution >= 0.6 is 0 Å². The Morgan fingerprint density at radius 1 is 1.47 bits per heavy atom. The van der Waals surface area contributed by atoms with Gasteiger partial charge in [-0.2, -0.15) is 0 Å². The lowest BCUT2D eigenvalue weighted by Gasteiger charge is -2.12. The number of nitrogens with one attached hydrogen (secondary N) is 1. The Kier molecular flexibility index (Phi) is 4.51. The Morgan fingerprint density at radius 3 is 2.84 bits per heavy atom. The van der Waals surface area contributed by atoms with E-state index in [1.807, 2.05) is 0 Å². The first kappa shape index (κ1) is 14.4. The molecule has 19 heavy (non-hydrogen) atoms. The zero-order valence-corrected chi connectivity index (χ0v) is 11.2. The van der Waals surface area contributed by atoms with Gasteiger partial charge in [0.25, 0.3) is 0 Å². The van der Waals surface area contributed by atoms with Gasteiger partial charge in [0, 0.05) is 19.7 Å². The van der Waals surface area contributed by atoms with Gasteiger partial charge in [-0.05, 0) is 30.5 Å². The van der Waals surface area contributed by atoms with E-state index in [1.54, 1.807) is 0 Å². The third-order valence-electron chi connectivity index (χ3n) is 3.05. The molecule has 1 unspecified atom stereocenters. The van der Waals surface area contributed by atoms with Crippen molar-refractivity contribution in [1.29, 1.82) is 0 Å². The van der Waals surface area contributed by atoms with Crippen LogP contribution in [-0.2, 0) is 21.3 Å². The fourth-order valence-electron chi connectivity index (χ4n) is 1.97. The Morgan fingerprint density at radius 2 is 2.26 bits per heavy atom.